The minimum Gasteiger partial charge on any atom is -0.491 e. The number of hydrazine groups is 1. The Morgan fingerprint density at radius 2 is 1.97 bits per heavy atom. The van der Waals surface area contributed by atoms with E-state index in [0.29, 0.717) is 23.7 Å². The van der Waals surface area contributed by atoms with Crippen LogP contribution in [0.3, 0.4) is 0 Å². The van der Waals surface area contributed by atoms with E-state index in [1.807, 2.05) is 35.9 Å². The molecule has 1 aliphatic rings. The summed E-state index contributed by atoms with van der Waals surface area (Å²) in [4.78, 5) is 29.0. The summed E-state index contributed by atoms with van der Waals surface area (Å²) in [5.74, 6) is 0.543. The van der Waals surface area contributed by atoms with Crippen molar-refractivity contribution in [3.63, 3.8) is 0 Å². The Kier molecular flexibility index (Phi) is 5.94. The van der Waals surface area contributed by atoms with Crippen molar-refractivity contribution in [2.24, 2.45) is 7.05 Å². The molecule has 0 saturated carbocycles. The van der Waals surface area contributed by atoms with Crippen molar-refractivity contribution < 1.29 is 19.1 Å². The van der Waals surface area contributed by atoms with Gasteiger partial charge >= 0.3 is 0 Å². The molecule has 0 radical (unpaired) electrons. The third kappa shape index (κ3) is 4.60. The smallest absolute Gasteiger partial charge is 0.269 e. The van der Waals surface area contributed by atoms with Crippen LogP contribution in [-0.4, -0.2) is 40.7 Å². The second kappa shape index (κ2) is 8.96. The van der Waals surface area contributed by atoms with Crippen LogP contribution in [0.15, 0.2) is 48.5 Å². The van der Waals surface area contributed by atoms with Gasteiger partial charge in [0.05, 0.1) is 23.6 Å². The van der Waals surface area contributed by atoms with Crippen LogP contribution in [-0.2, 0) is 23.0 Å². The molecule has 1 saturated heterocycles. The van der Waals surface area contributed by atoms with Gasteiger partial charge in [-0.3, -0.25) is 20.4 Å². The molecular formula is C22H24N4O4. The number of carbonyl (C=O) groups excluding carboxylic acids is 2. The van der Waals surface area contributed by atoms with E-state index in [1.165, 1.54) is 0 Å². The number of benzene rings is 2. The molecule has 2 heterocycles. The molecule has 1 atom stereocenters. The van der Waals surface area contributed by atoms with E-state index in [4.69, 9.17) is 9.47 Å². The van der Waals surface area contributed by atoms with Gasteiger partial charge in [-0.05, 0) is 49.2 Å². The van der Waals surface area contributed by atoms with Crippen LogP contribution in [0.1, 0.15) is 29.0 Å². The number of imidazole rings is 1. The van der Waals surface area contributed by atoms with Crippen molar-refractivity contribution in [3.8, 4) is 5.75 Å². The van der Waals surface area contributed by atoms with Crippen molar-refractivity contribution in [2.45, 2.75) is 25.4 Å². The minimum absolute atomic E-state index is 0.0570. The number of nitrogens with zero attached hydrogens (tertiary/aromatic N) is 2. The number of para-hydroxylation sites is 2. The molecule has 2 amide bonds. The predicted molar refractivity (Wildman–Crippen MR) is 111 cm³/mol. The summed E-state index contributed by atoms with van der Waals surface area (Å²) < 4.78 is 13.1. The third-order valence-electron chi connectivity index (χ3n) is 5.09. The Hall–Kier alpha value is -3.39. The van der Waals surface area contributed by atoms with E-state index in [1.54, 1.807) is 24.3 Å². The highest BCUT2D eigenvalue weighted by atomic mass is 16.5. The van der Waals surface area contributed by atoms with Gasteiger partial charge < -0.3 is 14.0 Å². The summed E-state index contributed by atoms with van der Waals surface area (Å²) in [6.45, 7) is 1.29. The first-order chi connectivity index (χ1) is 14.6. The summed E-state index contributed by atoms with van der Waals surface area (Å²) in [7, 11) is 1.86. The number of ether oxygens (including phenoxy) is 2. The SMILES string of the molecule is Cn1c(CC(=O)NNC(=O)c2ccc(OCC3CCCO3)cc2)nc2ccccc21. The molecule has 3 aromatic rings. The summed E-state index contributed by atoms with van der Waals surface area (Å²) in [5.41, 5.74) is 7.07. The zero-order valence-corrected chi connectivity index (χ0v) is 16.8. The normalized spacial score (nSPS) is 15.8. The summed E-state index contributed by atoms with van der Waals surface area (Å²) in [6, 6.07) is 14.4. The second-order valence-electron chi connectivity index (χ2n) is 7.23. The Balaban J connectivity index is 1.27. The Morgan fingerprint density at radius 1 is 1.17 bits per heavy atom. The van der Waals surface area contributed by atoms with E-state index in [-0.39, 0.29) is 18.4 Å². The fourth-order valence-corrected chi connectivity index (χ4v) is 3.41. The molecule has 0 bridgehead atoms. The first-order valence-electron chi connectivity index (χ1n) is 9.94. The van der Waals surface area contributed by atoms with Crippen LogP contribution in [0.5, 0.6) is 5.75 Å². The average Bonchev–Trinajstić information content (AvgIpc) is 3.39. The van der Waals surface area contributed by atoms with Gasteiger partial charge in [-0.15, -0.1) is 0 Å². The van der Waals surface area contributed by atoms with Crippen LogP contribution in [0, 0.1) is 0 Å². The zero-order chi connectivity index (χ0) is 20.9. The van der Waals surface area contributed by atoms with Gasteiger partial charge in [0.25, 0.3) is 5.91 Å². The molecule has 2 N–H and O–H groups in total. The number of fused-ring (bicyclic) bond motifs is 1. The van der Waals surface area contributed by atoms with Crippen LogP contribution < -0.4 is 15.6 Å². The first-order valence-corrected chi connectivity index (χ1v) is 9.94. The molecule has 8 heteroatoms. The van der Waals surface area contributed by atoms with Gasteiger partial charge in [0, 0.05) is 19.2 Å². The molecule has 1 aromatic heterocycles. The van der Waals surface area contributed by atoms with Crippen molar-refractivity contribution in [3.05, 3.63) is 59.9 Å². The van der Waals surface area contributed by atoms with Crippen LogP contribution in [0.2, 0.25) is 0 Å². The zero-order valence-electron chi connectivity index (χ0n) is 16.8. The van der Waals surface area contributed by atoms with Gasteiger partial charge in [0.2, 0.25) is 5.91 Å². The molecule has 0 spiro atoms. The number of aryl methyl sites for hydroxylation is 1. The highest BCUT2D eigenvalue weighted by Gasteiger charge is 2.16. The Morgan fingerprint density at radius 3 is 2.70 bits per heavy atom. The third-order valence-corrected chi connectivity index (χ3v) is 5.09. The van der Waals surface area contributed by atoms with Crippen LogP contribution in [0.25, 0.3) is 11.0 Å². The highest BCUT2D eigenvalue weighted by molar-refractivity contribution is 5.95. The topological polar surface area (TPSA) is 94.5 Å². The van der Waals surface area contributed by atoms with Crippen LogP contribution in [0.4, 0.5) is 0 Å². The molecule has 30 heavy (non-hydrogen) atoms. The fraction of sp³-hybridized carbons (Fsp3) is 0.318. The van der Waals surface area contributed by atoms with Gasteiger partial charge in [0.1, 0.15) is 18.2 Å². The maximum atomic E-state index is 12.3. The minimum atomic E-state index is -0.404. The lowest BCUT2D eigenvalue weighted by Gasteiger charge is -2.12. The highest BCUT2D eigenvalue weighted by Crippen LogP contribution is 2.17. The standard InChI is InChI=1S/C22H24N4O4/c1-26-19-7-3-2-6-18(19)23-20(26)13-21(27)24-25-22(28)15-8-10-16(11-9-15)30-14-17-5-4-12-29-17/h2-3,6-11,17H,4-5,12-14H2,1H3,(H,24,27)(H,25,28). The van der Waals surface area contributed by atoms with Crippen molar-refractivity contribution in [2.75, 3.05) is 13.2 Å². The summed E-state index contributed by atoms with van der Waals surface area (Å²) >= 11 is 0. The largest absolute Gasteiger partial charge is 0.491 e. The number of amides is 2. The van der Waals surface area contributed by atoms with E-state index in [2.05, 4.69) is 15.8 Å². The van der Waals surface area contributed by atoms with Gasteiger partial charge in [-0.25, -0.2) is 4.98 Å². The average molecular weight is 408 g/mol. The van der Waals surface area contributed by atoms with E-state index >= 15 is 0 Å². The molecule has 1 unspecified atom stereocenters. The van der Waals surface area contributed by atoms with Crippen molar-refractivity contribution in [1.29, 1.82) is 0 Å². The number of carbonyl (C=O) groups is 2. The van der Waals surface area contributed by atoms with Gasteiger partial charge in [0.15, 0.2) is 0 Å². The molecule has 1 aliphatic heterocycles. The molecular weight excluding hydrogens is 384 g/mol. The Bertz CT molecular complexity index is 1040. The maximum absolute atomic E-state index is 12.3. The molecule has 156 valence electrons. The van der Waals surface area contributed by atoms with Crippen LogP contribution >= 0.6 is 0 Å². The number of rotatable bonds is 6. The maximum Gasteiger partial charge on any atom is 0.269 e. The summed E-state index contributed by atoms with van der Waals surface area (Å²) in [6.07, 6.45) is 2.27. The lowest BCUT2D eigenvalue weighted by atomic mass is 10.2. The molecule has 8 nitrogen and oxygen atoms in total. The van der Waals surface area contributed by atoms with E-state index < -0.39 is 5.91 Å². The number of nitrogens with one attached hydrogen (secondary N) is 2. The number of hydrogen-bond donors (Lipinski definition) is 2. The Labute approximate surface area is 174 Å². The number of hydrogen-bond acceptors (Lipinski definition) is 5. The predicted octanol–water partition coefficient (Wildman–Crippen LogP) is 2.13. The van der Waals surface area contributed by atoms with Crippen molar-refractivity contribution in [1.82, 2.24) is 20.4 Å². The van der Waals surface area contributed by atoms with Gasteiger partial charge in [-0.2, -0.15) is 0 Å². The van der Waals surface area contributed by atoms with Gasteiger partial charge in [-0.1, -0.05) is 12.1 Å². The van der Waals surface area contributed by atoms with Crippen molar-refractivity contribution >= 4 is 22.8 Å². The van der Waals surface area contributed by atoms with E-state index in [9.17, 15) is 9.59 Å². The monoisotopic (exact) mass is 408 g/mol. The summed E-state index contributed by atoms with van der Waals surface area (Å²) in [5, 5.41) is 0. The molecule has 2 aromatic carbocycles. The second-order valence-corrected chi connectivity index (χ2v) is 7.23. The molecule has 1 fully saturated rings. The van der Waals surface area contributed by atoms with E-state index in [0.717, 1.165) is 30.5 Å². The lowest BCUT2D eigenvalue weighted by molar-refractivity contribution is -0.121. The molecule has 4 rings (SSSR count). The lowest BCUT2D eigenvalue weighted by Crippen LogP contribution is -2.42. The quantitative estimate of drug-likeness (QED) is 0.610. The molecule has 0 aliphatic carbocycles. The first kappa shape index (κ1) is 19.9. The number of aromatic nitrogens is 2. The fourth-order valence-electron chi connectivity index (χ4n) is 3.41.